The molecule has 3 aromatic rings. The number of fused-ring (bicyclic) bond motifs is 1. The number of benzene rings is 2. The van der Waals surface area contributed by atoms with E-state index in [1.54, 1.807) is 19.1 Å². The van der Waals surface area contributed by atoms with E-state index < -0.39 is 0 Å². The summed E-state index contributed by atoms with van der Waals surface area (Å²) in [5.74, 6) is 1.52. The molecule has 1 aliphatic heterocycles. The van der Waals surface area contributed by atoms with Crippen molar-refractivity contribution in [1.82, 2.24) is 9.47 Å². The second-order valence-corrected chi connectivity index (χ2v) is 8.82. The van der Waals surface area contributed by atoms with Crippen molar-refractivity contribution in [3.63, 3.8) is 0 Å². The molecule has 2 aromatic carbocycles. The molecule has 4 rings (SSSR count). The summed E-state index contributed by atoms with van der Waals surface area (Å²) in [4.78, 5) is 15.0. The van der Waals surface area contributed by atoms with Crippen molar-refractivity contribution in [2.24, 2.45) is 0 Å². The van der Waals surface area contributed by atoms with Gasteiger partial charge in [0, 0.05) is 29.8 Å². The maximum atomic E-state index is 12.8. The Morgan fingerprint density at radius 1 is 1.00 bits per heavy atom. The minimum atomic E-state index is -0.0725. The van der Waals surface area contributed by atoms with Crippen LogP contribution in [0.15, 0.2) is 59.6 Å². The van der Waals surface area contributed by atoms with Gasteiger partial charge in [-0.05, 0) is 36.4 Å². The van der Waals surface area contributed by atoms with E-state index in [1.165, 1.54) is 11.8 Å². The predicted octanol–water partition coefficient (Wildman–Crippen LogP) is 4.58. The third-order valence-electron chi connectivity index (χ3n) is 5.16. The fourth-order valence-corrected chi connectivity index (χ4v) is 4.83. The van der Waals surface area contributed by atoms with Crippen molar-refractivity contribution in [3.8, 4) is 11.5 Å². The third-order valence-corrected chi connectivity index (χ3v) is 6.54. The number of amides is 1. The van der Waals surface area contributed by atoms with Crippen LogP contribution in [0, 0.1) is 0 Å². The van der Waals surface area contributed by atoms with E-state index in [4.69, 9.17) is 26.4 Å². The molecule has 0 radical (unpaired) electrons. The highest BCUT2D eigenvalue weighted by atomic mass is 32.2. The second-order valence-electron chi connectivity index (χ2n) is 7.15. The number of thiocarbonyl (C=S) groups is 1. The highest BCUT2D eigenvalue weighted by molar-refractivity contribution is 8.26. The number of methoxy groups -OCH3 is 2. The first kappa shape index (κ1) is 22.4. The van der Waals surface area contributed by atoms with Gasteiger partial charge < -0.3 is 18.8 Å². The molecule has 0 saturated carbocycles. The summed E-state index contributed by atoms with van der Waals surface area (Å²) in [6.45, 7) is 2.11. The summed E-state index contributed by atoms with van der Waals surface area (Å²) in [6.07, 6.45) is 3.99. The number of carbonyl (C=O) groups is 1. The number of rotatable bonds is 9. The number of nitrogens with zero attached hydrogens (tertiary/aromatic N) is 2. The van der Waals surface area contributed by atoms with Gasteiger partial charge in [0.2, 0.25) is 0 Å². The van der Waals surface area contributed by atoms with E-state index in [0.29, 0.717) is 35.5 Å². The van der Waals surface area contributed by atoms with E-state index in [2.05, 4.69) is 22.9 Å². The van der Waals surface area contributed by atoms with E-state index in [9.17, 15) is 4.79 Å². The Morgan fingerprint density at radius 3 is 2.50 bits per heavy atom. The van der Waals surface area contributed by atoms with Crippen molar-refractivity contribution in [3.05, 3.63) is 65.2 Å². The smallest absolute Gasteiger partial charge is 0.266 e. The summed E-state index contributed by atoms with van der Waals surface area (Å²) in [5, 5.41) is 1.08. The lowest BCUT2D eigenvalue weighted by molar-refractivity contribution is -0.122. The zero-order valence-electron chi connectivity index (χ0n) is 17.9. The summed E-state index contributed by atoms with van der Waals surface area (Å²) in [6, 6.07) is 15.7. The fraction of sp³-hybridized carbons (Fsp3) is 0.250. The first-order chi connectivity index (χ1) is 15.6. The summed E-state index contributed by atoms with van der Waals surface area (Å²) in [5.41, 5.74) is 2.07. The zero-order chi connectivity index (χ0) is 22.5. The number of aromatic nitrogens is 1. The minimum Gasteiger partial charge on any atom is -0.497 e. The predicted molar refractivity (Wildman–Crippen MR) is 132 cm³/mol. The number of hydrogen-bond acceptors (Lipinski definition) is 6. The van der Waals surface area contributed by atoms with Crippen LogP contribution in [0.4, 0.5) is 0 Å². The normalized spacial score (nSPS) is 15.2. The highest BCUT2D eigenvalue weighted by Crippen LogP contribution is 2.34. The standard InChI is InChI=1S/C24H24N2O4S2/c1-28-13-12-26-23(27)22(32-24(26)31)15-17-16-25(21-6-4-3-5-20(17)21)11-14-30-19-9-7-18(29-2)8-10-19/h3-10,15-16H,11-14H2,1-2H3/b22-15-. The van der Waals surface area contributed by atoms with Crippen LogP contribution in [0.3, 0.4) is 0 Å². The van der Waals surface area contributed by atoms with Crippen LogP contribution in [0.2, 0.25) is 0 Å². The van der Waals surface area contributed by atoms with Gasteiger partial charge >= 0.3 is 0 Å². The van der Waals surface area contributed by atoms with Gasteiger partial charge in [-0.15, -0.1) is 0 Å². The zero-order valence-corrected chi connectivity index (χ0v) is 19.6. The van der Waals surface area contributed by atoms with Gasteiger partial charge in [0.1, 0.15) is 22.4 Å². The van der Waals surface area contributed by atoms with Crippen molar-refractivity contribution >= 4 is 51.2 Å². The van der Waals surface area contributed by atoms with E-state index in [-0.39, 0.29) is 5.91 Å². The van der Waals surface area contributed by atoms with Crippen LogP contribution in [0.5, 0.6) is 11.5 Å². The fourth-order valence-electron chi connectivity index (χ4n) is 3.53. The molecular formula is C24H24N2O4S2. The Hall–Kier alpha value is -2.81. The molecule has 2 heterocycles. The van der Waals surface area contributed by atoms with Crippen molar-refractivity contribution in [1.29, 1.82) is 0 Å². The van der Waals surface area contributed by atoms with Gasteiger partial charge in [0.15, 0.2) is 0 Å². The highest BCUT2D eigenvalue weighted by Gasteiger charge is 2.31. The molecule has 166 valence electrons. The maximum Gasteiger partial charge on any atom is 0.266 e. The Kier molecular flexibility index (Phi) is 7.14. The van der Waals surface area contributed by atoms with Crippen LogP contribution >= 0.6 is 24.0 Å². The van der Waals surface area contributed by atoms with Crippen LogP contribution in [0.25, 0.3) is 17.0 Å². The maximum absolute atomic E-state index is 12.8. The molecule has 0 aliphatic carbocycles. The lowest BCUT2D eigenvalue weighted by atomic mass is 10.1. The van der Waals surface area contributed by atoms with Crippen molar-refractivity contribution in [2.45, 2.75) is 6.54 Å². The lowest BCUT2D eigenvalue weighted by Gasteiger charge is -2.12. The molecule has 32 heavy (non-hydrogen) atoms. The molecule has 1 aliphatic rings. The molecule has 1 aromatic heterocycles. The van der Waals surface area contributed by atoms with Gasteiger partial charge in [0.05, 0.1) is 31.7 Å². The lowest BCUT2D eigenvalue weighted by Crippen LogP contribution is -2.31. The van der Waals surface area contributed by atoms with Crippen LogP contribution in [-0.2, 0) is 16.1 Å². The number of hydrogen-bond donors (Lipinski definition) is 0. The largest absolute Gasteiger partial charge is 0.497 e. The molecule has 1 fully saturated rings. The topological polar surface area (TPSA) is 52.9 Å². The van der Waals surface area contributed by atoms with Gasteiger partial charge in [-0.25, -0.2) is 0 Å². The average molecular weight is 469 g/mol. The van der Waals surface area contributed by atoms with Gasteiger partial charge in [0.25, 0.3) is 5.91 Å². The van der Waals surface area contributed by atoms with Crippen molar-refractivity contribution in [2.75, 3.05) is 34.0 Å². The number of carbonyl (C=O) groups excluding carboxylic acids is 1. The average Bonchev–Trinajstić information content (AvgIpc) is 3.29. The van der Waals surface area contributed by atoms with Gasteiger partial charge in [-0.3, -0.25) is 9.69 Å². The molecule has 0 N–H and O–H groups in total. The third kappa shape index (κ3) is 4.82. The molecule has 0 bridgehead atoms. The minimum absolute atomic E-state index is 0.0725. The second kappa shape index (κ2) is 10.2. The van der Waals surface area contributed by atoms with E-state index in [0.717, 1.165) is 28.0 Å². The molecule has 6 nitrogen and oxygen atoms in total. The van der Waals surface area contributed by atoms with Crippen LogP contribution < -0.4 is 9.47 Å². The summed E-state index contributed by atoms with van der Waals surface area (Å²) in [7, 11) is 3.25. The Bertz CT molecular complexity index is 1150. The van der Waals surface area contributed by atoms with Gasteiger partial charge in [-0.2, -0.15) is 0 Å². The summed E-state index contributed by atoms with van der Waals surface area (Å²) < 4.78 is 18.9. The molecule has 1 amide bonds. The molecule has 0 spiro atoms. The number of thioether (sulfide) groups is 1. The molecule has 1 saturated heterocycles. The number of ether oxygens (including phenoxy) is 3. The summed E-state index contributed by atoms with van der Waals surface area (Å²) >= 11 is 6.72. The number of para-hydroxylation sites is 1. The first-order valence-electron chi connectivity index (χ1n) is 10.2. The quantitative estimate of drug-likeness (QED) is 0.339. The molecular weight excluding hydrogens is 444 g/mol. The Morgan fingerprint density at radius 2 is 1.75 bits per heavy atom. The van der Waals surface area contributed by atoms with Crippen LogP contribution in [0.1, 0.15) is 5.56 Å². The Balaban J connectivity index is 1.52. The molecule has 0 atom stereocenters. The Labute approximate surface area is 196 Å². The first-order valence-corrected chi connectivity index (χ1v) is 11.4. The molecule has 0 unspecified atom stereocenters. The SMILES string of the molecule is COCCN1C(=O)/C(=C/c2cn(CCOc3ccc(OC)cc3)c3ccccc23)SC1=S. The van der Waals surface area contributed by atoms with Crippen molar-refractivity contribution < 1.29 is 19.0 Å². The van der Waals surface area contributed by atoms with Crippen LogP contribution in [-0.4, -0.2) is 53.7 Å². The van der Waals surface area contributed by atoms with E-state index in [1.807, 2.05) is 42.5 Å². The van der Waals surface area contributed by atoms with E-state index >= 15 is 0 Å². The monoisotopic (exact) mass is 468 g/mol. The van der Waals surface area contributed by atoms with Gasteiger partial charge in [-0.1, -0.05) is 42.2 Å². The molecule has 8 heteroatoms.